The molecule has 2 bridgehead atoms. The molecular weight excluding hydrogens is 288 g/mol. The minimum atomic E-state index is 0.359. The number of anilines is 1. The topological polar surface area (TPSA) is 38.0 Å². The average Bonchev–Trinajstić information content (AvgIpc) is 3.00. The van der Waals surface area contributed by atoms with Crippen LogP contribution in [-0.2, 0) is 0 Å². The summed E-state index contributed by atoms with van der Waals surface area (Å²) in [6, 6.07) is 6.24. The van der Waals surface area contributed by atoms with Crippen molar-refractivity contribution in [2.75, 3.05) is 5.32 Å². The zero-order valence-electron chi connectivity index (χ0n) is 11.7. The fraction of sp³-hybridized carbons (Fsp3) is 0.562. The van der Waals surface area contributed by atoms with Gasteiger partial charge in [0.2, 0.25) is 0 Å². The Balaban J connectivity index is 1.78. The van der Waals surface area contributed by atoms with E-state index in [9.17, 15) is 0 Å². The Bertz CT molecular complexity index is 531. The van der Waals surface area contributed by atoms with Gasteiger partial charge in [-0.1, -0.05) is 36.3 Å². The lowest BCUT2D eigenvalue weighted by molar-refractivity contribution is 0.304. The Morgan fingerprint density at radius 1 is 1.40 bits per heavy atom. The summed E-state index contributed by atoms with van der Waals surface area (Å²) in [7, 11) is 0. The molecule has 0 radical (unpaired) electrons. The second kappa shape index (κ2) is 5.53. The number of nitrogens with one attached hydrogen (secondary N) is 1. The Kier molecular flexibility index (Phi) is 3.91. The smallest absolute Gasteiger partial charge is 0.107 e. The first kappa shape index (κ1) is 14.2. The van der Waals surface area contributed by atoms with E-state index in [1.54, 1.807) is 0 Å². The second-order valence-electron chi connectivity index (χ2n) is 6.30. The van der Waals surface area contributed by atoms with Gasteiger partial charge in [-0.25, -0.2) is 0 Å². The van der Waals surface area contributed by atoms with Gasteiger partial charge in [-0.2, -0.15) is 0 Å². The van der Waals surface area contributed by atoms with Crippen molar-refractivity contribution in [1.82, 2.24) is 0 Å². The predicted octanol–water partition coefficient (Wildman–Crippen LogP) is 4.21. The zero-order valence-corrected chi connectivity index (χ0v) is 13.3. The van der Waals surface area contributed by atoms with Crippen LogP contribution in [0.25, 0.3) is 0 Å². The summed E-state index contributed by atoms with van der Waals surface area (Å²) >= 11 is 11.4. The van der Waals surface area contributed by atoms with Crippen molar-refractivity contribution in [3.8, 4) is 0 Å². The maximum Gasteiger partial charge on any atom is 0.107 e. The van der Waals surface area contributed by atoms with Crippen LogP contribution in [0.3, 0.4) is 0 Å². The van der Waals surface area contributed by atoms with E-state index in [4.69, 9.17) is 29.6 Å². The van der Waals surface area contributed by atoms with Crippen molar-refractivity contribution >= 4 is 34.5 Å². The Morgan fingerprint density at radius 2 is 2.20 bits per heavy atom. The average molecular weight is 309 g/mol. The normalized spacial score (nSPS) is 29.4. The molecule has 0 aliphatic heterocycles. The molecule has 0 amide bonds. The number of hydrogen-bond acceptors (Lipinski definition) is 2. The Hall–Kier alpha value is -0.800. The van der Waals surface area contributed by atoms with Crippen molar-refractivity contribution in [2.45, 2.75) is 38.6 Å². The van der Waals surface area contributed by atoms with Crippen LogP contribution in [0.15, 0.2) is 18.2 Å². The summed E-state index contributed by atoms with van der Waals surface area (Å²) in [5, 5.41) is 4.23. The Labute approximate surface area is 131 Å². The highest BCUT2D eigenvalue weighted by Gasteiger charge is 2.41. The molecule has 4 atom stereocenters. The van der Waals surface area contributed by atoms with Gasteiger partial charge in [0.25, 0.3) is 0 Å². The largest absolute Gasteiger partial charge is 0.389 e. The fourth-order valence-electron chi connectivity index (χ4n) is 4.15. The first-order valence-corrected chi connectivity index (χ1v) is 8.19. The minimum absolute atomic E-state index is 0.359. The van der Waals surface area contributed by atoms with E-state index in [2.05, 4.69) is 12.2 Å². The van der Waals surface area contributed by atoms with E-state index in [-0.39, 0.29) is 0 Å². The fourth-order valence-corrected chi connectivity index (χ4v) is 4.71. The van der Waals surface area contributed by atoms with E-state index >= 15 is 0 Å². The van der Waals surface area contributed by atoms with Crippen LogP contribution in [0.4, 0.5) is 5.69 Å². The van der Waals surface area contributed by atoms with E-state index in [0.29, 0.717) is 16.1 Å². The third-order valence-corrected chi connectivity index (χ3v) is 5.60. The van der Waals surface area contributed by atoms with E-state index in [1.165, 1.54) is 25.7 Å². The highest BCUT2D eigenvalue weighted by atomic mass is 35.5. The third kappa shape index (κ3) is 2.53. The summed E-state index contributed by atoms with van der Waals surface area (Å²) in [5.74, 6) is 2.63. The summed E-state index contributed by atoms with van der Waals surface area (Å²) in [6.45, 7) is 2.27. The number of nitrogens with two attached hydrogens (primary N) is 1. The molecule has 2 aliphatic rings. The lowest BCUT2D eigenvalue weighted by Gasteiger charge is -2.30. The van der Waals surface area contributed by atoms with E-state index < -0.39 is 0 Å². The first-order chi connectivity index (χ1) is 9.56. The molecule has 1 aromatic rings. The highest BCUT2D eigenvalue weighted by molar-refractivity contribution is 7.80. The van der Waals surface area contributed by atoms with Gasteiger partial charge in [0, 0.05) is 11.7 Å². The molecule has 108 valence electrons. The Morgan fingerprint density at radius 3 is 2.80 bits per heavy atom. The monoisotopic (exact) mass is 308 g/mol. The van der Waals surface area contributed by atoms with Gasteiger partial charge in [0.15, 0.2) is 0 Å². The summed E-state index contributed by atoms with van der Waals surface area (Å²) in [4.78, 5) is 0.359. The molecule has 4 heteroatoms. The molecule has 20 heavy (non-hydrogen) atoms. The third-order valence-electron chi connectivity index (χ3n) is 5.08. The number of thiocarbonyl (C=S) groups is 1. The van der Waals surface area contributed by atoms with Crippen LogP contribution in [0, 0.1) is 17.8 Å². The molecule has 2 fully saturated rings. The van der Waals surface area contributed by atoms with Gasteiger partial charge < -0.3 is 11.1 Å². The van der Waals surface area contributed by atoms with Gasteiger partial charge in [0.1, 0.15) is 4.99 Å². The number of halogens is 1. The van der Waals surface area contributed by atoms with Crippen molar-refractivity contribution in [3.05, 3.63) is 28.8 Å². The van der Waals surface area contributed by atoms with Crippen LogP contribution >= 0.6 is 23.8 Å². The van der Waals surface area contributed by atoms with Crippen LogP contribution in [0.2, 0.25) is 5.02 Å². The van der Waals surface area contributed by atoms with E-state index in [1.807, 2.05) is 18.2 Å². The summed E-state index contributed by atoms with van der Waals surface area (Å²) in [6.07, 6.45) is 5.62. The van der Waals surface area contributed by atoms with Crippen LogP contribution in [-0.4, -0.2) is 11.0 Å². The zero-order chi connectivity index (χ0) is 14.3. The van der Waals surface area contributed by atoms with Gasteiger partial charge in [-0.05, 0) is 56.1 Å². The van der Waals surface area contributed by atoms with Gasteiger partial charge in [0.05, 0.1) is 10.6 Å². The van der Waals surface area contributed by atoms with Crippen molar-refractivity contribution in [2.24, 2.45) is 23.5 Å². The lowest BCUT2D eigenvalue weighted by atomic mass is 9.84. The summed E-state index contributed by atoms with van der Waals surface area (Å²) < 4.78 is 0. The highest BCUT2D eigenvalue weighted by Crippen LogP contribution is 2.50. The van der Waals surface area contributed by atoms with Gasteiger partial charge >= 0.3 is 0 Å². The molecule has 0 spiro atoms. The van der Waals surface area contributed by atoms with Crippen molar-refractivity contribution in [3.63, 3.8) is 0 Å². The van der Waals surface area contributed by atoms with Crippen molar-refractivity contribution < 1.29 is 0 Å². The van der Waals surface area contributed by atoms with Crippen LogP contribution in [0.1, 0.15) is 38.2 Å². The summed E-state index contributed by atoms with van der Waals surface area (Å²) in [5.41, 5.74) is 7.56. The SMILES string of the molecule is CC(Nc1cccc(Cl)c1C(N)=S)C1CC2CCC1C2. The number of rotatable bonds is 4. The quantitative estimate of drug-likeness (QED) is 0.818. The molecule has 3 rings (SSSR count). The standard InChI is InChI=1S/C16H21ClN2S/c1-9(12-8-10-5-6-11(12)7-10)19-14-4-2-3-13(17)15(14)16(18)20/h2-4,9-12,19H,5-8H2,1H3,(H2,18,20). The molecule has 4 unspecified atom stereocenters. The predicted molar refractivity (Wildman–Crippen MR) is 89.4 cm³/mol. The molecule has 2 saturated carbocycles. The number of benzene rings is 1. The minimum Gasteiger partial charge on any atom is -0.389 e. The van der Waals surface area contributed by atoms with Gasteiger partial charge in [-0.15, -0.1) is 0 Å². The maximum atomic E-state index is 6.22. The number of hydrogen-bond donors (Lipinski definition) is 2. The number of fused-ring (bicyclic) bond motifs is 2. The molecule has 1 aromatic carbocycles. The molecule has 3 N–H and O–H groups in total. The first-order valence-electron chi connectivity index (χ1n) is 7.41. The lowest BCUT2D eigenvalue weighted by Crippen LogP contribution is -2.31. The second-order valence-corrected chi connectivity index (χ2v) is 7.15. The molecule has 0 saturated heterocycles. The molecule has 0 aromatic heterocycles. The van der Waals surface area contributed by atoms with Crippen molar-refractivity contribution in [1.29, 1.82) is 0 Å². The van der Waals surface area contributed by atoms with Gasteiger partial charge in [-0.3, -0.25) is 0 Å². The van der Waals surface area contributed by atoms with Crippen LogP contribution in [0.5, 0.6) is 0 Å². The van der Waals surface area contributed by atoms with Crippen LogP contribution < -0.4 is 11.1 Å². The molecule has 2 aliphatic carbocycles. The molecule has 0 heterocycles. The maximum absolute atomic E-state index is 6.22. The molecule has 2 nitrogen and oxygen atoms in total. The van der Waals surface area contributed by atoms with E-state index in [0.717, 1.165) is 29.0 Å². The molecular formula is C16H21ClN2S.